The second-order valence-electron chi connectivity index (χ2n) is 7.77. The van der Waals surface area contributed by atoms with Crippen LogP contribution in [0.4, 0.5) is 5.69 Å². The summed E-state index contributed by atoms with van der Waals surface area (Å²) in [4.78, 5) is 40.5. The summed E-state index contributed by atoms with van der Waals surface area (Å²) < 4.78 is 0. The molecule has 3 heterocycles. The number of fused-ring (bicyclic) bond motifs is 4. The van der Waals surface area contributed by atoms with Gasteiger partial charge in [0.15, 0.2) is 0 Å². The molecule has 1 spiro atoms. The lowest BCUT2D eigenvalue weighted by Crippen LogP contribution is -2.53. The van der Waals surface area contributed by atoms with E-state index in [9.17, 15) is 14.4 Å². The number of anilines is 1. The number of rotatable bonds is 4. The monoisotopic (exact) mass is 353 g/mol. The summed E-state index contributed by atoms with van der Waals surface area (Å²) in [6.45, 7) is 7.99. The number of imide groups is 1. The Labute approximate surface area is 152 Å². The minimum Gasteiger partial charge on any atom is -0.324 e. The fourth-order valence-electron chi connectivity index (χ4n) is 4.84. The van der Waals surface area contributed by atoms with E-state index in [1.165, 1.54) is 4.90 Å². The molecular weight excluding hydrogens is 330 g/mol. The van der Waals surface area contributed by atoms with Gasteiger partial charge in [-0.15, -0.1) is 6.58 Å². The van der Waals surface area contributed by atoms with Crippen molar-refractivity contribution in [3.05, 3.63) is 42.5 Å². The first-order valence-corrected chi connectivity index (χ1v) is 9.06. The highest BCUT2D eigenvalue weighted by Crippen LogP contribution is 2.53. The highest BCUT2D eigenvalue weighted by Gasteiger charge is 2.70. The fraction of sp³-hybridized carbons (Fsp3) is 0.450. The molecule has 6 heteroatoms. The molecule has 4 atom stereocenters. The summed E-state index contributed by atoms with van der Waals surface area (Å²) in [5, 5.41) is 6.32. The zero-order chi connectivity index (χ0) is 18.6. The normalized spacial score (nSPS) is 32.3. The molecule has 0 bridgehead atoms. The van der Waals surface area contributed by atoms with Crippen LogP contribution in [0.3, 0.4) is 0 Å². The van der Waals surface area contributed by atoms with E-state index in [0.29, 0.717) is 11.6 Å². The second-order valence-corrected chi connectivity index (χ2v) is 7.77. The van der Waals surface area contributed by atoms with Crippen molar-refractivity contribution >= 4 is 23.4 Å². The Kier molecular flexibility index (Phi) is 3.77. The van der Waals surface area contributed by atoms with E-state index in [4.69, 9.17) is 0 Å². The van der Waals surface area contributed by atoms with Gasteiger partial charge < -0.3 is 5.32 Å². The molecule has 2 fully saturated rings. The van der Waals surface area contributed by atoms with Gasteiger partial charge >= 0.3 is 0 Å². The van der Waals surface area contributed by atoms with Crippen LogP contribution in [0.5, 0.6) is 0 Å². The first kappa shape index (κ1) is 17.0. The Morgan fingerprint density at radius 3 is 2.65 bits per heavy atom. The lowest BCUT2D eigenvalue weighted by atomic mass is 9.76. The third kappa shape index (κ3) is 2.05. The molecule has 2 N–H and O–H groups in total. The Balaban J connectivity index is 1.87. The number of amides is 3. The molecule has 6 nitrogen and oxygen atoms in total. The van der Waals surface area contributed by atoms with Crippen LogP contribution in [0.1, 0.15) is 25.8 Å². The Morgan fingerprint density at radius 1 is 1.23 bits per heavy atom. The van der Waals surface area contributed by atoms with Crippen LogP contribution in [0.15, 0.2) is 36.9 Å². The number of hydrogen-bond acceptors (Lipinski definition) is 4. The summed E-state index contributed by atoms with van der Waals surface area (Å²) in [5.41, 5.74) is 0.285. The number of likely N-dealkylation sites (tertiary alicyclic amines) is 1. The number of benzene rings is 1. The largest absolute Gasteiger partial charge is 0.324 e. The number of nitrogens with one attached hydrogen (secondary N) is 2. The van der Waals surface area contributed by atoms with Crippen LogP contribution in [-0.2, 0) is 19.9 Å². The standard InChI is InChI=1S/C20H23N3O3/c1-4-9-23-17(24)15-14(10-11(2)3)22-20(16(15)18(23)25)12-7-5-6-8-13(12)21-19(20)26/h4-8,11,14-16,22H,1,9-10H2,2-3H3,(H,21,26)/t14-,15-,16+,20+/m0/s1. The van der Waals surface area contributed by atoms with Gasteiger partial charge in [-0.25, -0.2) is 0 Å². The summed E-state index contributed by atoms with van der Waals surface area (Å²) in [6, 6.07) is 7.18. The number of para-hydroxylation sites is 1. The van der Waals surface area contributed by atoms with E-state index in [-0.39, 0.29) is 30.3 Å². The molecule has 3 amide bonds. The molecule has 3 aliphatic rings. The zero-order valence-electron chi connectivity index (χ0n) is 15.0. The van der Waals surface area contributed by atoms with Gasteiger partial charge in [0.25, 0.3) is 0 Å². The highest BCUT2D eigenvalue weighted by atomic mass is 16.2. The van der Waals surface area contributed by atoms with Crippen LogP contribution in [-0.4, -0.2) is 35.2 Å². The lowest BCUT2D eigenvalue weighted by molar-refractivity contribution is -0.142. The molecule has 0 radical (unpaired) electrons. The van der Waals surface area contributed by atoms with Crippen molar-refractivity contribution < 1.29 is 14.4 Å². The molecule has 0 saturated carbocycles. The predicted octanol–water partition coefficient (Wildman–Crippen LogP) is 1.64. The highest BCUT2D eigenvalue weighted by molar-refractivity contribution is 6.15. The van der Waals surface area contributed by atoms with E-state index in [1.54, 1.807) is 6.08 Å². The number of carbonyl (C=O) groups excluding carboxylic acids is 3. The third-order valence-corrected chi connectivity index (χ3v) is 5.75. The average molecular weight is 353 g/mol. The van der Waals surface area contributed by atoms with E-state index in [1.807, 2.05) is 24.3 Å². The first-order chi connectivity index (χ1) is 12.4. The molecule has 1 aromatic carbocycles. The second kappa shape index (κ2) is 5.77. The summed E-state index contributed by atoms with van der Waals surface area (Å²) in [6.07, 6.45) is 2.27. The maximum atomic E-state index is 13.2. The molecule has 136 valence electrons. The fourth-order valence-corrected chi connectivity index (χ4v) is 4.84. The van der Waals surface area contributed by atoms with Crippen molar-refractivity contribution in [2.24, 2.45) is 17.8 Å². The van der Waals surface area contributed by atoms with Crippen molar-refractivity contribution in [2.75, 3.05) is 11.9 Å². The Bertz CT molecular complexity index is 818. The van der Waals surface area contributed by atoms with Gasteiger partial charge in [-0.3, -0.25) is 24.6 Å². The smallest absolute Gasteiger partial charge is 0.250 e. The van der Waals surface area contributed by atoms with Crippen molar-refractivity contribution in [3.63, 3.8) is 0 Å². The average Bonchev–Trinajstić information content (AvgIpc) is 3.15. The molecule has 4 rings (SSSR count). The van der Waals surface area contributed by atoms with Gasteiger partial charge in [-0.2, -0.15) is 0 Å². The topological polar surface area (TPSA) is 78.5 Å². The van der Waals surface area contributed by atoms with Crippen LogP contribution in [0, 0.1) is 17.8 Å². The molecule has 0 aliphatic carbocycles. The predicted molar refractivity (Wildman–Crippen MR) is 97.0 cm³/mol. The van der Waals surface area contributed by atoms with Crippen LogP contribution < -0.4 is 10.6 Å². The molecule has 3 aliphatic heterocycles. The van der Waals surface area contributed by atoms with Gasteiger partial charge in [0.2, 0.25) is 17.7 Å². The van der Waals surface area contributed by atoms with Crippen molar-refractivity contribution in [1.82, 2.24) is 10.2 Å². The van der Waals surface area contributed by atoms with E-state index in [2.05, 4.69) is 31.1 Å². The minimum atomic E-state index is -1.18. The third-order valence-electron chi connectivity index (χ3n) is 5.75. The number of hydrogen-bond donors (Lipinski definition) is 2. The summed E-state index contributed by atoms with van der Waals surface area (Å²) in [5.74, 6) is -1.65. The van der Waals surface area contributed by atoms with Crippen LogP contribution in [0.2, 0.25) is 0 Å². The first-order valence-electron chi connectivity index (χ1n) is 9.06. The Hall–Kier alpha value is -2.47. The molecule has 2 saturated heterocycles. The molecule has 1 aromatic rings. The maximum Gasteiger partial charge on any atom is 0.250 e. The zero-order valence-corrected chi connectivity index (χ0v) is 15.0. The summed E-state index contributed by atoms with van der Waals surface area (Å²) >= 11 is 0. The van der Waals surface area contributed by atoms with Gasteiger partial charge in [0.1, 0.15) is 5.54 Å². The number of nitrogens with zero attached hydrogens (tertiary/aromatic N) is 1. The lowest BCUT2D eigenvalue weighted by Gasteiger charge is -2.29. The van der Waals surface area contributed by atoms with Gasteiger partial charge in [0, 0.05) is 23.8 Å². The Morgan fingerprint density at radius 2 is 1.96 bits per heavy atom. The summed E-state index contributed by atoms with van der Waals surface area (Å²) in [7, 11) is 0. The van der Waals surface area contributed by atoms with Gasteiger partial charge in [0.05, 0.1) is 11.8 Å². The molecule has 0 aromatic heterocycles. The number of carbonyl (C=O) groups is 3. The van der Waals surface area contributed by atoms with E-state index in [0.717, 1.165) is 12.0 Å². The molecule has 0 unspecified atom stereocenters. The molecular formula is C20H23N3O3. The van der Waals surface area contributed by atoms with Gasteiger partial charge in [-0.1, -0.05) is 38.1 Å². The maximum absolute atomic E-state index is 13.2. The van der Waals surface area contributed by atoms with Gasteiger partial charge in [-0.05, 0) is 18.4 Å². The van der Waals surface area contributed by atoms with Crippen molar-refractivity contribution in [1.29, 1.82) is 0 Å². The van der Waals surface area contributed by atoms with Crippen molar-refractivity contribution in [2.45, 2.75) is 31.8 Å². The quantitative estimate of drug-likeness (QED) is 0.637. The van der Waals surface area contributed by atoms with Crippen molar-refractivity contribution in [3.8, 4) is 0 Å². The minimum absolute atomic E-state index is 0.179. The van der Waals surface area contributed by atoms with Crippen LogP contribution >= 0.6 is 0 Å². The van der Waals surface area contributed by atoms with E-state index < -0.39 is 17.4 Å². The van der Waals surface area contributed by atoms with E-state index >= 15 is 0 Å². The SMILES string of the molecule is C=CCN1C(=O)[C@H]2[C@H](CC(C)C)N[C@@]3(C(=O)Nc4ccccc43)[C@H]2C1=O. The molecule has 26 heavy (non-hydrogen) atoms. The van der Waals surface area contributed by atoms with Crippen LogP contribution in [0.25, 0.3) is 0 Å².